The molecule has 0 unspecified atom stereocenters. The molecule has 0 spiro atoms. The highest BCUT2D eigenvalue weighted by Crippen LogP contribution is 2.37. The average Bonchev–Trinajstić information content (AvgIpc) is 3.23. The topological polar surface area (TPSA) is 64.2 Å². The van der Waals surface area contributed by atoms with E-state index in [9.17, 15) is 31.1 Å². The van der Waals surface area contributed by atoms with Gasteiger partial charge in [0.1, 0.15) is 12.4 Å². The normalized spacial score (nSPS) is 12.1. The van der Waals surface area contributed by atoms with Gasteiger partial charge in [0.2, 0.25) is 0 Å². The smallest absolute Gasteiger partial charge is 0.416 e. The Balaban J connectivity index is 1.59. The fourth-order valence-electron chi connectivity index (χ4n) is 4.04. The number of aromatic nitrogens is 2. The number of carbonyl (C=O) groups is 1. The van der Waals surface area contributed by atoms with Gasteiger partial charge in [0.05, 0.1) is 29.8 Å². The van der Waals surface area contributed by atoms with Gasteiger partial charge in [-0.15, -0.1) is 0 Å². The van der Waals surface area contributed by atoms with Gasteiger partial charge in [-0.25, -0.2) is 0 Å². The summed E-state index contributed by atoms with van der Waals surface area (Å²) in [6.07, 6.45) is -7.59. The zero-order valence-corrected chi connectivity index (χ0v) is 20.3. The molecule has 0 bridgehead atoms. The number of hydrogen-bond donors (Lipinski definition) is 1. The van der Waals surface area contributed by atoms with Crippen LogP contribution in [-0.4, -0.2) is 22.5 Å². The molecule has 11 heteroatoms. The number of benzene rings is 2. The van der Waals surface area contributed by atoms with Crippen molar-refractivity contribution in [3.8, 4) is 17.0 Å². The number of fused-ring (bicyclic) bond motifs is 1. The Labute approximate surface area is 213 Å². The molecule has 2 heterocycles. The third-order valence-corrected chi connectivity index (χ3v) is 5.91. The number of esters is 1. The van der Waals surface area contributed by atoms with E-state index in [1.165, 1.54) is 6.92 Å². The molecule has 0 saturated carbocycles. The Morgan fingerprint density at radius 1 is 0.974 bits per heavy atom. The van der Waals surface area contributed by atoms with Crippen molar-refractivity contribution in [2.75, 3.05) is 6.61 Å². The Bertz CT molecular complexity index is 1460. The quantitative estimate of drug-likeness (QED) is 0.200. The number of H-pyrrole nitrogens is 1. The van der Waals surface area contributed by atoms with Crippen LogP contribution in [0.1, 0.15) is 34.9 Å². The summed E-state index contributed by atoms with van der Waals surface area (Å²) >= 11 is 0. The highest BCUT2D eigenvalue weighted by atomic mass is 19.4. The maximum atomic E-state index is 14.0. The second-order valence-corrected chi connectivity index (χ2v) is 8.48. The van der Waals surface area contributed by atoms with Crippen LogP contribution in [-0.2, 0) is 34.9 Å². The standard InChI is InChI=1S/C27H22F6N2O3/c1-3-37-25(36)10-17-13-34-24-11-19(8-9-20(17)24)38-14-21-15(2)35-23(12-22(21)27(31,32)33)16-4-6-18(7-5-16)26(28,29)30/h4-9,11-13,34H,3,10,14H2,1-2H3. The highest BCUT2D eigenvalue weighted by Gasteiger charge is 2.35. The van der Waals surface area contributed by atoms with Crippen molar-refractivity contribution < 1.29 is 40.6 Å². The van der Waals surface area contributed by atoms with Crippen molar-refractivity contribution in [2.24, 2.45) is 0 Å². The van der Waals surface area contributed by atoms with Crippen LogP contribution in [0.5, 0.6) is 5.75 Å². The minimum Gasteiger partial charge on any atom is -0.489 e. The SMILES string of the molecule is CCOC(=O)Cc1c[nH]c2cc(OCc3c(C(F)(F)F)cc(-c4ccc(C(F)(F)F)cc4)nc3C)ccc12. The summed E-state index contributed by atoms with van der Waals surface area (Å²) in [5, 5.41) is 0.750. The van der Waals surface area contributed by atoms with Crippen LogP contribution < -0.4 is 4.74 Å². The first-order chi connectivity index (χ1) is 17.9. The van der Waals surface area contributed by atoms with Gasteiger partial charge in [0, 0.05) is 40.0 Å². The van der Waals surface area contributed by atoms with Crippen LogP contribution in [0.3, 0.4) is 0 Å². The number of aryl methyl sites for hydroxylation is 1. The fraction of sp³-hybridized carbons (Fsp3) is 0.259. The van der Waals surface area contributed by atoms with Crippen molar-refractivity contribution in [3.05, 3.63) is 82.7 Å². The first-order valence-corrected chi connectivity index (χ1v) is 11.5. The summed E-state index contributed by atoms with van der Waals surface area (Å²) in [6.45, 7) is 2.92. The molecule has 4 rings (SSSR count). The van der Waals surface area contributed by atoms with Crippen LogP contribution >= 0.6 is 0 Å². The van der Waals surface area contributed by atoms with E-state index in [2.05, 4.69) is 9.97 Å². The molecule has 4 aromatic rings. The molecule has 0 amide bonds. The molecule has 0 aliphatic carbocycles. The highest BCUT2D eigenvalue weighted by molar-refractivity contribution is 5.88. The lowest BCUT2D eigenvalue weighted by molar-refractivity contribution is -0.142. The van der Waals surface area contributed by atoms with Gasteiger partial charge in [0.15, 0.2) is 0 Å². The van der Waals surface area contributed by atoms with Crippen LogP contribution in [0.4, 0.5) is 26.3 Å². The molecular formula is C27H22F6N2O3. The molecular weight excluding hydrogens is 514 g/mol. The number of pyridine rings is 1. The van der Waals surface area contributed by atoms with Crippen LogP contribution in [0.15, 0.2) is 54.7 Å². The molecule has 0 aliphatic heterocycles. The summed E-state index contributed by atoms with van der Waals surface area (Å²) in [6, 6.07) is 9.46. The van der Waals surface area contributed by atoms with Crippen molar-refractivity contribution in [2.45, 2.75) is 39.2 Å². The molecule has 38 heavy (non-hydrogen) atoms. The lowest BCUT2D eigenvalue weighted by atomic mass is 10.0. The molecule has 0 fully saturated rings. The monoisotopic (exact) mass is 536 g/mol. The average molecular weight is 536 g/mol. The van der Waals surface area contributed by atoms with E-state index in [-0.39, 0.29) is 41.5 Å². The number of hydrogen-bond acceptors (Lipinski definition) is 4. The lowest BCUT2D eigenvalue weighted by Crippen LogP contribution is -2.14. The van der Waals surface area contributed by atoms with Crippen LogP contribution in [0.25, 0.3) is 22.2 Å². The first-order valence-electron chi connectivity index (χ1n) is 11.5. The second-order valence-electron chi connectivity index (χ2n) is 8.48. The third kappa shape index (κ3) is 5.92. The lowest BCUT2D eigenvalue weighted by Gasteiger charge is -2.18. The predicted octanol–water partition coefficient (Wildman–Crippen LogP) is 7.26. The predicted molar refractivity (Wildman–Crippen MR) is 127 cm³/mol. The summed E-state index contributed by atoms with van der Waals surface area (Å²) in [5.74, 6) is -0.0856. The Hall–Kier alpha value is -4.02. The van der Waals surface area contributed by atoms with Crippen molar-refractivity contribution >= 4 is 16.9 Å². The Morgan fingerprint density at radius 2 is 1.68 bits per heavy atom. The van der Waals surface area contributed by atoms with Gasteiger partial charge in [-0.1, -0.05) is 12.1 Å². The molecule has 0 atom stereocenters. The van der Waals surface area contributed by atoms with Crippen molar-refractivity contribution in [3.63, 3.8) is 0 Å². The molecule has 200 valence electrons. The zero-order chi connectivity index (χ0) is 27.7. The number of halogens is 6. The van der Waals surface area contributed by atoms with Gasteiger partial charge in [-0.2, -0.15) is 26.3 Å². The minimum absolute atomic E-state index is 0.0346. The largest absolute Gasteiger partial charge is 0.489 e. The second kappa shape index (κ2) is 10.4. The summed E-state index contributed by atoms with van der Waals surface area (Å²) in [5.41, 5.74) is -0.698. The van der Waals surface area contributed by atoms with Gasteiger partial charge in [0.25, 0.3) is 0 Å². The summed E-state index contributed by atoms with van der Waals surface area (Å²) in [7, 11) is 0. The number of aromatic amines is 1. The number of nitrogens with one attached hydrogen (secondary N) is 1. The number of ether oxygens (including phenoxy) is 2. The van der Waals surface area contributed by atoms with Gasteiger partial charge in [-0.05, 0) is 49.7 Å². The fourth-order valence-corrected chi connectivity index (χ4v) is 4.04. The maximum absolute atomic E-state index is 14.0. The van der Waals surface area contributed by atoms with E-state index in [1.54, 1.807) is 31.3 Å². The Morgan fingerprint density at radius 3 is 2.32 bits per heavy atom. The molecule has 0 aliphatic rings. The summed E-state index contributed by atoms with van der Waals surface area (Å²) < 4.78 is 91.1. The maximum Gasteiger partial charge on any atom is 0.416 e. The van der Waals surface area contributed by atoms with Crippen molar-refractivity contribution in [1.29, 1.82) is 0 Å². The van der Waals surface area contributed by atoms with E-state index < -0.39 is 30.1 Å². The van der Waals surface area contributed by atoms with E-state index in [1.807, 2.05) is 0 Å². The van der Waals surface area contributed by atoms with Crippen LogP contribution in [0.2, 0.25) is 0 Å². The minimum atomic E-state index is -4.75. The van der Waals surface area contributed by atoms with Gasteiger partial charge >= 0.3 is 18.3 Å². The van der Waals surface area contributed by atoms with E-state index in [4.69, 9.17) is 9.47 Å². The zero-order valence-electron chi connectivity index (χ0n) is 20.3. The Kier molecular flexibility index (Phi) is 7.39. The van der Waals surface area contributed by atoms with E-state index in [0.29, 0.717) is 16.8 Å². The molecule has 1 N–H and O–H groups in total. The van der Waals surface area contributed by atoms with Crippen LogP contribution in [0, 0.1) is 6.92 Å². The molecule has 2 aromatic carbocycles. The molecule has 0 radical (unpaired) electrons. The first kappa shape index (κ1) is 27.0. The molecule has 5 nitrogen and oxygen atoms in total. The van der Waals surface area contributed by atoms with Crippen molar-refractivity contribution in [1.82, 2.24) is 9.97 Å². The molecule has 2 aromatic heterocycles. The van der Waals surface area contributed by atoms with Gasteiger partial charge < -0.3 is 14.5 Å². The third-order valence-electron chi connectivity index (χ3n) is 5.91. The number of rotatable bonds is 7. The number of carbonyl (C=O) groups excluding carboxylic acids is 1. The van der Waals surface area contributed by atoms with E-state index in [0.717, 1.165) is 35.7 Å². The number of nitrogens with zero attached hydrogens (tertiary/aromatic N) is 1. The molecule has 0 saturated heterocycles. The van der Waals surface area contributed by atoms with Gasteiger partial charge in [-0.3, -0.25) is 9.78 Å². The number of alkyl halides is 6. The summed E-state index contributed by atoms with van der Waals surface area (Å²) in [4.78, 5) is 19.0. The van der Waals surface area contributed by atoms with E-state index >= 15 is 0 Å².